The molecule has 0 aliphatic rings. The lowest BCUT2D eigenvalue weighted by Gasteiger charge is -2.14. The Bertz CT molecular complexity index is 413. The second-order valence-corrected chi connectivity index (χ2v) is 5.50. The molecule has 20 heavy (non-hydrogen) atoms. The molecule has 1 aromatic rings. The smallest absolute Gasteiger partial charge is 0.237 e. The average molecular weight is 296 g/mol. The summed E-state index contributed by atoms with van der Waals surface area (Å²) < 4.78 is 5.43. The van der Waals surface area contributed by atoms with Crippen LogP contribution in [0.3, 0.4) is 0 Å². The van der Waals surface area contributed by atoms with E-state index in [1.807, 2.05) is 37.4 Å². The maximum Gasteiger partial charge on any atom is 0.237 e. The predicted molar refractivity (Wildman–Crippen MR) is 84.6 cm³/mol. The van der Waals surface area contributed by atoms with Crippen LogP contribution in [0.4, 0.5) is 0 Å². The van der Waals surface area contributed by atoms with Crippen LogP contribution in [0.2, 0.25) is 0 Å². The zero-order chi connectivity index (χ0) is 14.8. The lowest BCUT2D eigenvalue weighted by molar-refractivity contribution is -0.122. The standard InChI is InChI=1S/C15H24N2O2S/c1-3-19-11-13-7-5-4-6-12(13)10-17-15(18)14(16)8-9-20-2/h4-7,14H,3,8-11,16H2,1-2H3,(H,17,18)/t14-/m0/s1. The van der Waals surface area contributed by atoms with E-state index in [0.717, 1.165) is 16.9 Å². The molecule has 3 N–H and O–H groups in total. The fraction of sp³-hybridized carbons (Fsp3) is 0.533. The highest BCUT2D eigenvalue weighted by molar-refractivity contribution is 7.98. The van der Waals surface area contributed by atoms with E-state index in [2.05, 4.69) is 5.32 Å². The molecule has 1 aromatic carbocycles. The Kier molecular flexibility index (Phi) is 8.34. The number of carbonyl (C=O) groups excluding carboxylic acids is 1. The average Bonchev–Trinajstić information content (AvgIpc) is 2.48. The molecule has 0 heterocycles. The van der Waals surface area contributed by atoms with Gasteiger partial charge in [0.15, 0.2) is 0 Å². The van der Waals surface area contributed by atoms with E-state index in [0.29, 0.717) is 26.2 Å². The van der Waals surface area contributed by atoms with E-state index in [1.54, 1.807) is 11.8 Å². The third-order valence-corrected chi connectivity index (χ3v) is 3.65. The number of benzene rings is 1. The summed E-state index contributed by atoms with van der Waals surface area (Å²) >= 11 is 1.70. The van der Waals surface area contributed by atoms with Crippen molar-refractivity contribution in [3.8, 4) is 0 Å². The van der Waals surface area contributed by atoms with Gasteiger partial charge in [-0.3, -0.25) is 4.79 Å². The summed E-state index contributed by atoms with van der Waals surface area (Å²) in [6, 6.07) is 7.53. The van der Waals surface area contributed by atoms with Crippen LogP contribution >= 0.6 is 11.8 Å². The van der Waals surface area contributed by atoms with Gasteiger partial charge >= 0.3 is 0 Å². The minimum Gasteiger partial charge on any atom is -0.377 e. The molecule has 0 aliphatic heterocycles. The van der Waals surface area contributed by atoms with Gasteiger partial charge in [0.25, 0.3) is 0 Å². The molecule has 1 amide bonds. The van der Waals surface area contributed by atoms with E-state index < -0.39 is 6.04 Å². The SMILES string of the molecule is CCOCc1ccccc1CNC(=O)[C@@H](N)CCSC. The van der Waals surface area contributed by atoms with Crippen LogP contribution in [-0.4, -0.2) is 30.6 Å². The molecule has 0 fully saturated rings. The van der Waals surface area contributed by atoms with E-state index in [-0.39, 0.29) is 5.91 Å². The topological polar surface area (TPSA) is 64.3 Å². The highest BCUT2D eigenvalue weighted by atomic mass is 32.2. The molecule has 1 atom stereocenters. The third-order valence-electron chi connectivity index (χ3n) is 3.00. The first-order chi connectivity index (χ1) is 9.69. The van der Waals surface area contributed by atoms with Crippen molar-refractivity contribution in [2.75, 3.05) is 18.6 Å². The molecule has 0 spiro atoms. The van der Waals surface area contributed by atoms with Crippen molar-refractivity contribution < 1.29 is 9.53 Å². The van der Waals surface area contributed by atoms with Crippen molar-refractivity contribution in [2.24, 2.45) is 5.73 Å². The molecule has 0 saturated carbocycles. The molecule has 0 bridgehead atoms. The predicted octanol–water partition coefficient (Wildman–Crippen LogP) is 1.92. The Labute approximate surface area is 125 Å². The first-order valence-electron chi connectivity index (χ1n) is 6.85. The molecule has 0 unspecified atom stereocenters. The summed E-state index contributed by atoms with van der Waals surface area (Å²) in [6.07, 6.45) is 2.71. The number of ether oxygens (including phenoxy) is 1. The number of thioether (sulfide) groups is 1. The highest BCUT2D eigenvalue weighted by Gasteiger charge is 2.12. The number of rotatable bonds is 9. The van der Waals surface area contributed by atoms with Gasteiger partial charge < -0.3 is 15.8 Å². The van der Waals surface area contributed by atoms with E-state index in [1.165, 1.54) is 0 Å². The lowest BCUT2D eigenvalue weighted by Crippen LogP contribution is -2.40. The summed E-state index contributed by atoms with van der Waals surface area (Å²) in [4.78, 5) is 11.9. The summed E-state index contributed by atoms with van der Waals surface area (Å²) in [7, 11) is 0. The lowest BCUT2D eigenvalue weighted by atomic mass is 10.1. The molecule has 112 valence electrons. The molecule has 1 rings (SSSR count). The highest BCUT2D eigenvalue weighted by Crippen LogP contribution is 2.10. The van der Waals surface area contributed by atoms with Gasteiger partial charge in [0.1, 0.15) is 0 Å². The molecular weight excluding hydrogens is 272 g/mol. The van der Waals surface area contributed by atoms with Gasteiger partial charge in [-0.25, -0.2) is 0 Å². The number of hydrogen-bond acceptors (Lipinski definition) is 4. The molecule has 0 radical (unpaired) electrons. The Morgan fingerprint density at radius 2 is 2.10 bits per heavy atom. The van der Waals surface area contributed by atoms with E-state index in [4.69, 9.17) is 10.5 Å². The summed E-state index contributed by atoms with van der Waals surface area (Å²) in [5.74, 6) is 0.806. The van der Waals surface area contributed by atoms with E-state index in [9.17, 15) is 4.79 Å². The van der Waals surface area contributed by atoms with Crippen molar-refractivity contribution >= 4 is 17.7 Å². The van der Waals surface area contributed by atoms with Crippen molar-refractivity contribution in [3.05, 3.63) is 35.4 Å². The summed E-state index contributed by atoms with van der Waals surface area (Å²) in [6.45, 7) is 3.71. The second-order valence-electron chi connectivity index (χ2n) is 4.51. The minimum atomic E-state index is -0.429. The van der Waals surface area contributed by atoms with Crippen molar-refractivity contribution in [1.82, 2.24) is 5.32 Å². The molecule has 0 saturated heterocycles. The van der Waals surface area contributed by atoms with Crippen LogP contribution in [0.5, 0.6) is 0 Å². The van der Waals surface area contributed by atoms with Gasteiger partial charge in [0, 0.05) is 13.2 Å². The van der Waals surface area contributed by atoms with Gasteiger partial charge in [0.05, 0.1) is 12.6 Å². The summed E-state index contributed by atoms with van der Waals surface area (Å²) in [5.41, 5.74) is 8.01. The normalized spacial score (nSPS) is 12.2. The molecule has 5 heteroatoms. The number of nitrogens with one attached hydrogen (secondary N) is 1. The molecule has 0 aliphatic carbocycles. The Morgan fingerprint density at radius 3 is 2.75 bits per heavy atom. The van der Waals surface area contributed by atoms with Gasteiger partial charge in [0.2, 0.25) is 5.91 Å². The number of hydrogen-bond donors (Lipinski definition) is 2. The van der Waals surface area contributed by atoms with Crippen molar-refractivity contribution in [2.45, 2.75) is 32.5 Å². The Balaban J connectivity index is 2.50. The van der Waals surface area contributed by atoms with Crippen LogP contribution < -0.4 is 11.1 Å². The molecule has 0 aromatic heterocycles. The Morgan fingerprint density at radius 1 is 1.40 bits per heavy atom. The largest absolute Gasteiger partial charge is 0.377 e. The quantitative estimate of drug-likeness (QED) is 0.731. The number of carbonyl (C=O) groups is 1. The van der Waals surface area contributed by atoms with Crippen molar-refractivity contribution in [3.63, 3.8) is 0 Å². The van der Waals surface area contributed by atoms with Crippen molar-refractivity contribution in [1.29, 1.82) is 0 Å². The molecular formula is C15H24N2O2S. The first kappa shape index (κ1) is 17.0. The molecule has 4 nitrogen and oxygen atoms in total. The first-order valence-corrected chi connectivity index (χ1v) is 8.25. The maximum absolute atomic E-state index is 11.9. The van der Waals surface area contributed by atoms with Crippen LogP contribution in [0.25, 0.3) is 0 Å². The van der Waals surface area contributed by atoms with Gasteiger partial charge in [-0.15, -0.1) is 0 Å². The second kappa shape index (κ2) is 9.80. The van der Waals surface area contributed by atoms with Crippen LogP contribution in [0, 0.1) is 0 Å². The zero-order valence-electron chi connectivity index (χ0n) is 12.2. The minimum absolute atomic E-state index is 0.0923. The van der Waals surface area contributed by atoms with Crippen LogP contribution in [0.1, 0.15) is 24.5 Å². The Hall–Kier alpha value is -1.04. The fourth-order valence-electron chi connectivity index (χ4n) is 1.77. The number of amides is 1. The number of nitrogens with two attached hydrogens (primary N) is 1. The van der Waals surface area contributed by atoms with E-state index >= 15 is 0 Å². The third kappa shape index (κ3) is 5.94. The zero-order valence-corrected chi connectivity index (χ0v) is 13.0. The fourth-order valence-corrected chi connectivity index (χ4v) is 2.26. The monoisotopic (exact) mass is 296 g/mol. The van der Waals surface area contributed by atoms with Crippen LogP contribution in [-0.2, 0) is 22.7 Å². The maximum atomic E-state index is 11.9. The summed E-state index contributed by atoms with van der Waals surface area (Å²) in [5, 5.41) is 2.90. The van der Waals surface area contributed by atoms with Gasteiger partial charge in [-0.1, -0.05) is 24.3 Å². The van der Waals surface area contributed by atoms with Gasteiger partial charge in [-0.05, 0) is 36.5 Å². The van der Waals surface area contributed by atoms with Crippen LogP contribution in [0.15, 0.2) is 24.3 Å². The van der Waals surface area contributed by atoms with Gasteiger partial charge in [-0.2, -0.15) is 11.8 Å².